The van der Waals surface area contributed by atoms with Gasteiger partial charge in [-0.25, -0.2) is 0 Å². The van der Waals surface area contributed by atoms with Crippen LogP contribution in [0.3, 0.4) is 0 Å². The number of hydrogen-bond acceptors (Lipinski definition) is 7. The number of halogens is 1. The zero-order valence-corrected chi connectivity index (χ0v) is 24.6. The number of rotatable bonds is 9. The third kappa shape index (κ3) is 4.93. The number of hydrogen-bond donors (Lipinski definition) is 1. The highest BCUT2D eigenvalue weighted by molar-refractivity contribution is 8.03. The second kappa shape index (κ2) is 11.5. The first kappa shape index (κ1) is 28.0. The lowest BCUT2D eigenvalue weighted by Gasteiger charge is -2.32. The number of nitrogens with two attached hydrogens (primary N) is 1. The molecule has 0 saturated carbocycles. The predicted molar refractivity (Wildman–Crippen MR) is 164 cm³/mol. The van der Waals surface area contributed by atoms with E-state index < -0.39 is 16.6 Å². The Morgan fingerprint density at radius 3 is 2.70 bits per heavy atom. The number of amides is 1. The van der Waals surface area contributed by atoms with Gasteiger partial charge in [0, 0.05) is 16.4 Å². The molecule has 2 aromatic carbocycles. The fourth-order valence-corrected chi connectivity index (χ4v) is 7.09. The molecule has 0 radical (unpaired) electrons. The van der Waals surface area contributed by atoms with Crippen molar-refractivity contribution in [2.24, 2.45) is 5.73 Å². The van der Waals surface area contributed by atoms with Gasteiger partial charge < -0.3 is 15.2 Å². The highest BCUT2D eigenvalue weighted by Gasteiger charge is 2.44. The summed E-state index contributed by atoms with van der Waals surface area (Å²) < 4.78 is 13.2. The Hall–Kier alpha value is -3.53. The molecular weight excluding hydrogens is 566 g/mol. The van der Waals surface area contributed by atoms with Crippen LogP contribution in [0.5, 0.6) is 11.5 Å². The highest BCUT2D eigenvalue weighted by Crippen LogP contribution is 2.50. The van der Waals surface area contributed by atoms with Crippen molar-refractivity contribution in [3.05, 3.63) is 86.6 Å². The summed E-state index contributed by atoms with van der Waals surface area (Å²) >= 11 is 8.66. The molecule has 2 N–H and O–H groups in total. The minimum Gasteiger partial charge on any atom is -0.493 e. The molecule has 2 aromatic heterocycles. The normalized spacial score (nSPS) is 18.6. The molecule has 0 fully saturated rings. The van der Waals surface area contributed by atoms with Crippen LogP contribution in [0.4, 0.5) is 0 Å². The lowest BCUT2D eigenvalue weighted by Crippen LogP contribution is -2.40. The number of ether oxygens (including phenoxy) is 2. The Morgan fingerprint density at radius 1 is 1.20 bits per heavy atom. The summed E-state index contributed by atoms with van der Waals surface area (Å²) in [6.07, 6.45) is 5.77. The average Bonchev–Trinajstić information content (AvgIpc) is 3.67. The second-order valence-corrected chi connectivity index (χ2v) is 11.8. The molecular formula is C30H28ClN3O4S2. The number of nitrogens with zero attached hydrogens (tertiary/aromatic N) is 2. The Kier molecular flexibility index (Phi) is 8.07. The van der Waals surface area contributed by atoms with E-state index in [1.54, 1.807) is 7.11 Å². The number of primary amides is 1. The lowest BCUT2D eigenvalue weighted by molar-refractivity contribution is -0.118. The van der Waals surface area contributed by atoms with E-state index in [9.17, 15) is 9.59 Å². The van der Waals surface area contributed by atoms with E-state index in [-0.39, 0.29) is 5.91 Å². The molecule has 0 spiro atoms. The van der Waals surface area contributed by atoms with E-state index in [0.29, 0.717) is 34.6 Å². The van der Waals surface area contributed by atoms with Gasteiger partial charge >= 0.3 is 0 Å². The third-order valence-electron chi connectivity index (χ3n) is 6.95. The van der Waals surface area contributed by atoms with E-state index in [1.807, 2.05) is 85.3 Å². The minimum absolute atomic E-state index is 0.170. The van der Waals surface area contributed by atoms with Crippen LogP contribution < -0.4 is 15.2 Å². The van der Waals surface area contributed by atoms with Gasteiger partial charge in [0.15, 0.2) is 11.5 Å². The maximum absolute atomic E-state index is 13.4. The minimum atomic E-state index is -0.768. The maximum atomic E-state index is 13.4. The molecule has 1 aliphatic rings. The van der Waals surface area contributed by atoms with Gasteiger partial charge in [0.1, 0.15) is 11.9 Å². The first-order valence-corrected chi connectivity index (χ1v) is 14.9. The summed E-state index contributed by atoms with van der Waals surface area (Å²) in [6, 6.07) is 13.3. The molecule has 2 unspecified atom stereocenters. The van der Waals surface area contributed by atoms with Crippen LogP contribution >= 0.6 is 34.7 Å². The number of benzene rings is 2. The topological polar surface area (TPSA) is 96.4 Å². The lowest BCUT2D eigenvalue weighted by atomic mass is 9.76. The van der Waals surface area contributed by atoms with E-state index in [2.05, 4.69) is 0 Å². The molecule has 3 heterocycles. The number of carbonyl (C=O) groups excluding carboxylic acids is 2. The van der Waals surface area contributed by atoms with Gasteiger partial charge in [-0.1, -0.05) is 43.3 Å². The Balaban J connectivity index is 1.65. The summed E-state index contributed by atoms with van der Waals surface area (Å²) in [5.74, 6) is 0.755. The molecule has 40 heavy (non-hydrogen) atoms. The summed E-state index contributed by atoms with van der Waals surface area (Å²) in [4.78, 5) is 26.5. The van der Waals surface area contributed by atoms with Crippen LogP contribution in [-0.2, 0) is 10.2 Å². The second-order valence-electron chi connectivity index (χ2n) is 9.49. The summed E-state index contributed by atoms with van der Waals surface area (Å²) in [6.45, 7) is 4.18. The van der Waals surface area contributed by atoms with Gasteiger partial charge in [-0.05, 0) is 53.1 Å². The number of thioether (sulfide) groups is 1. The number of methoxy groups -OCH3 is 1. The van der Waals surface area contributed by atoms with E-state index in [0.717, 1.165) is 27.6 Å². The van der Waals surface area contributed by atoms with Crippen LogP contribution in [0, 0.1) is 6.92 Å². The Bertz CT molecular complexity index is 1660. The standard InChI is InChI=1S/C30H28ClN3O4S2/c1-18-12-16-39-26(18)29(36)34-22-7-5-4-6-20(22)21(33-34)10-8-19-9-11-23(38-15-14-31)25(37-3)24(19)30(2)13-17-40-27(30)28(32)35/h4-13,16-17,27H,14-15H2,1-3H3,(H2,32,35)/b10-8+. The van der Waals surface area contributed by atoms with Gasteiger partial charge in [-0.3, -0.25) is 9.59 Å². The zero-order chi connectivity index (χ0) is 28.4. The molecule has 5 rings (SSSR count). The molecule has 2 atom stereocenters. The van der Waals surface area contributed by atoms with Crippen LogP contribution in [0.2, 0.25) is 0 Å². The van der Waals surface area contributed by atoms with Crippen molar-refractivity contribution < 1.29 is 19.1 Å². The van der Waals surface area contributed by atoms with Gasteiger partial charge in [0.25, 0.3) is 5.91 Å². The van der Waals surface area contributed by atoms with Crippen LogP contribution in [0.25, 0.3) is 23.1 Å². The van der Waals surface area contributed by atoms with Gasteiger partial charge in [0.2, 0.25) is 5.91 Å². The van der Waals surface area contributed by atoms with Crippen molar-refractivity contribution in [1.82, 2.24) is 9.78 Å². The number of alkyl halides is 1. The predicted octanol–water partition coefficient (Wildman–Crippen LogP) is 6.26. The van der Waals surface area contributed by atoms with E-state index in [1.165, 1.54) is 27.8 Å². The number of thiophene rings is 1. The molecule has 10 heteroatoms. The largest absolute Gasteiger partial charge is 0.493 e. The molecule has 1 amide bonds. The van der Waals surface area contributed by atoms with Crippen molar-refractivity contribution in [3.63, 3.8) is 0 Å². The van der Waals surface area contributed by atoms with Crippen molar-refractivity contribution in [3.8, 4) is 11.5 Å². The van der Waals surface area contributed by atoms with Gasteiger partial charge in [-0.2, -0.15) is 9.78 Å². The summed E-state index contributed by atoms with van der Waals surface area (Å²) in [7, 11) is 1.57. The number of carbonyl (C=O) groups is 2. The van der Waals surface area contributed by atoms with Crippen LogP contribution in [0.15, 0.2) is 59.3 Å². The van der Waals surface area contributed by atoms with Gasteiger partial charge in [0.05, 0.1) is 29.1 Å². The molecule has 206 valence electrons. The quantitative estimate of drug-likeness (QED) is 0.230. The van der Waals surface area contributed by atoms with Gasteiger partial charge in [-0.15, -0.1) is 34.7 Å². The number of aromatic nitrogens is 2. The molecule has 0 aliphatic carbocycles. The Morgan fingerprint density at radius 2 is 2.00 bits per heavy atom. The van der Waals surface area contributed by atoms with Crippen molar-refractivity contribution in [1.29, 1.82) is 0 Å². The van der Waals surface area contributed by atoms with Crippen molar-refractivity contribution >= 4 is 69.6 Å². The maximum Gasteiger partial charge on any atom is 0.289 e. The fourth-order valence-electron chi connectivity index (χ4n) is 5.03. The van der Waals surface area contributed by atoms with Crippen molar-refractivity contribution in [2.45, 2.75) is 24.5 Å². The van der Waals surface area contributed by atoms with Crippen LogP contribution in [-0.4, -0.2) is 46.4 Å². The molecule has 4 aromatic rings. The fraction of sp³-hybridized carbons (Fsp3) is 0.233. The van der Waals surface area contributed by atoms with Crippen molar-refractivity contribution in [2.75, 3.05) is 19.6 Å². The average molecular weight is 594 g/mol. The van der Waals surface area contributed by atoms with E-state index >= 15 is 0 Å². The number of fused-ring (bicyclic) bond motifs is 1. The molecule has 7 nitrogen and oxygen atoms in total. The SMILES string of the molecule is COc1c(OCCCl)ccc(/C=C/c2nn(C(=O)c3sccc3C)c3ccccc23)c1C1(C)C=CSC1C(N)=O. The zero-order valence-electron chi connectivity index (χ0n) is 22.2. The number of allylic oxidation sites excluding steroid dienone is 1. The number of para-hydroxylation sites is 1. The van der Waals surface area contributed by atoms with Crippen LogP contribution in [0.1, 0.15) is 39.0 Å². The molecule has 0 saturated heterocycles. The number of aryl methyl sites for hydroxylation is 1. The monoisotopic (exact) mass is 593 g/mol. The molecule has 1 aliphatic heterocycles. The highest BCUT2D eigenvalue weighted by atomic mass is 35.5. The first-order chi connectivity index (χ1) is 19.3. The van der Waals surface area contributed by atoms with E-state index in [4.69, 9.17) is 31.9 Å². The Labute approximate surface area is 245 Å². The summed E-state index contributed by atoms with van der Waals surface area (Å²) in [5.41, 5.74) is 8.90. The molecule has 0 bridgehead atoms. The summed E-state index contributed by atoms with van der Waals surface area (Å²) in [5, 5.41) is 8.81. The third-order valence-corrected chi connectivity index (χ3v) is 9.39. The smallest absolute Gasteiger partial charge is 0.289 e. The first-order valence-electron chi connectivity index (χ1n) is 12.6.